The van der Waals surface area contributed by atoms with Crippen molar-refractivity contribution in [2.75, 3.05) is 6.54 Å². The van der Waals surface area contributed by atoms with E-state index in [9.17, 15) is 31.1 Å². The molecular weight excluding hydrogens is 560 g/mol. The van der Waals surface area contributed by atoms with Gasteiger partial charge in [-0.05, 0) is 60.4 Å². The van der Waals surface area contributed by atoms with Crippen LogP contribution in [-0.4, -0.2) is 37.3 Å². The molecule has 208 valence electrons. The molecule has 4 aromatic rings. The van der Waals surface area contributed by atoms with Gasteiger partial charge in [0, 0.05) is 29.5 Å². The van der Waals surface area contributed by atoms with Crippen molar-refractivity contribution in [2.24, 2.45) is 0 Å². The lowest BCUT2D eigenvalue weighted by atomic mass is 10.0. The third-order valence-corrected chi connectivity index (χ3v) is 6.99. The topological polar surface area (TPSA) is 63.9 Å². The number of carbonyl (C=O) groups excluding carboxylic acids is 1. The maximum absolute atomic E-state index is 13.8. The summed E-state index contributed by atoms with van der Waals surface area (Å²) in [5.41, 5.74) is -1.97. The van der Waals surface area contributed by atoms with Crippen molar-refractivity contribution in [3.05, 3.63) is 100.0 Å². The van der Waals surface area contributed by atoms with E-state index >= 15 is 0 Å². The van der Waals surface area contributed by atoms with Crippen LogP contribution in [0.4, 0.5) is 26.3 Å². The summed E-state index contributed by atoms with van der Waals surface area (Å²) < 4.78 is 81.8. The van der Waals surface area contributed by atoms with Crippen LogP contribution >= 0.6 is 11.6 Å². The Morgan fingerprint density at radius 3 is 2.23 bits per heavy atom. The fourth-order valence-corrected chi connectivity index (χ4v) is 5.12. The van der Waals surface area contributed by atoms with Crippen LogP contribution in [0.15, 0.2) is 67.0 Å². The van der Waals surface area contributed by atoms with E-state index in [1.807, 2.05) is 12.1 Å². The standard InChI is InChI=1S/C27H20ClF6N5O/c28-21-5-2-1-4-20(21)22-6-3-11-38(22)25(40)23-24(17-7-9-35-10-8-17)39(37-36-23)15-16-12-18(26(29,30)31)14-19(13-16)27(32,33)34/h1-2,4-5,7-10,12-14,22H,3,6,11,15H2/t22-/m1/s1. The molecule has 1 amide bonds. The average molecular weight is 580 g/mol. The predicted molar refractivity (Wildman–Crippen MR) is 133 cm³/mol. The highest BCUT2D eigenvalue weighted by molar-refractivity contribution is 6.31. The van der Waals surface area contributed by atoms with Crippen LogP contribution in [0, 0.1) is 0 Å². The van der Waals surface area contributed by atoms with Crippen molar-refractivity contribution in [1.82, 2.24) is 24.9 Å². The first-order valence-corrected chi connectivity index (χ1v) is 12.5. The zero-order valence-corrected chi connectivity index (χ0v) is 21.3. The van der Waals surface area contributed by atoms with E-state index in [1.165, 1.54) is 12.4 Å². The number of rotatable bonds is 5. The van der Waals surface area contributed by atoms with Gasteiger partial charge in [0.05, 0.1) is 23.7 Å². The van der Waals surface area contributed by atoms with E-state index in [0.717, 1.165) is 10.2 Å². The van der Waals surface area contributed by atoms with Crippen LogP contribution in [0.25, 0.3) is 11.3 Å². The van der Waals surface area contributed by atoms with Crippen molar-refractivity contribution >= 4 is 17.5 Å². The lowest BCUT2D eigenvalue weighted by Gasteiger charge is -2.25. The summed E-state index contributed by atoms with van der Waals surface area (Å²) in [6.07, 6.45) is -5.78. The molecule has 0 unspecified atom stereocenters. The summed E-state index contributed by atoms with van der Waals surface area (Å²) >= 11 is 6.39. The Labute approximate surface area is 229 Å². The molecule has 1 saturated heterocycles. The first-order valence-electron chi connectivity index (χ1n) is 12.1. The number of aromatic nitrogens is 4. The summed E-state index contributed by atoms with van der Waals surface area (Å²) in [6.45, 7) is -0.0984. The van der Waals surface area contributed by atoms with Crippen LogP contribution in [0.5, 0.6) is 0 Å². The molecule has 0 saturated carbocycles. The maximum Gasteiger partial charge on any atom is 0.416 e. The zero-order chi connectivity index (χ0) is 28.7. The summed E-state index contributed by atoms with van der Waals surface area (Å²) in [6, 6.07) is 11.2. The summed E-state index contributed by atoms with van der Waals surface area (Å²) in [7, 11) is 0. The summed E-state index contributed by atoms with van der Waals surface area (Å²) in [4.78, 5) is 19.4. The quantitative estimate of drug-likeness (QED) is 0.238. The third kappa shape index (κ3) is 5.53. The molecule has 0 N–H and O–H groups in total. The monoisotopic (exact) mass is 579 g/mol. The Bertz CT molecular complexity index is 1500. The molecule has 0 radical (unpaired) electrons. The van der Waals surface area contributed by atoms with Gasteiger partial charge in [-0.1, -0.05) is 35.0 Å². The molecule has 2 aromatic carbocycles. The van der Waals surface area contributed by atoms with Gasteiger partial charge in [-0.2, -0.15) is 26.3 Å². The van der Waals surface area contributed by atoms with E-state index < -0.39 is 35.9 Å². The molecule has 2 aromatic heterocycles. The van der Waals surface area contributed by atoms with Gasteiger partial charge in [0.1, 0.15) is 5.69 Å². The van der Waals surface area contributed by atoms with Gasteiger partial charge < -0.3 is 4.90 Å². The number of carbonyl (C=O) groups is 1. The van der Waals surface area contributed by atoms with Gasteiger partial charge in [-0.3, -0.25) is 9.78 Å². The highest BCUT2D eigenvalue weighted by Gasteiger charge is 2.38. The minimum Gasteiger partial charge on any atom is -0.330 e. The second kappa shape index (κ2) is 10.6. The molecule has 13 heteroatoms. The first-order chi connectivity index (χ1) is 18.9. The van der Waals surface area contributed by atoms with Crippen molar-refractivity contribution in [2.45, 2.75) is 37.8 Å². The second-order valence-corrected chi connectivity index (χ2v) is 9.68. The number of hydrogen-bond donors (Lipinski definition) is 0. The fraction of sp³-hybridized carbons (Fsp3) is 0.259. The lowest BCUT2D eigenvalue weighted by Crippen LogP contribution is -2.31. The van der Waals surface area contributed by atoms with E-state index in [-0.39, 0.29) is 29.1 Å². The molecule has 0 bridgehead atoms. The average Bonchev–Trinajstić information content (AvgIpc) is 3.56. The van der Waals surface area contributed by atoms with Crippen LogP contribution in [0.1, 0.15) is 51.6 Å². The molecule has 5 rings (SSSR count). The zero-order valence-electron chi connectivity index (χ0n) is 20.5. The molecule has 1 atom stereocenters. The van der Waals surface area contributed by atoms with E-state index in [2.05, 4.69) is 15.3 Å². The number of amides is 1. The molecule has 3 heterocycles. The highest BCUT2D eigenvalue weighted by atomic mass is 35.5. The van der Waals surface area contributed by atoms with Crippen molar-refractivity contribution in [1.29, 1.82) is 0 Å². The van der Waals surface area contributed by atoms with Crippen molar-refractivity contribution < 1.29 is 31.1 Å². The number of benzene rings is 2. The van der Waals surface area contributed by atoms with Crippen LogP contribution < -0.4 is 0 Å². The van der Waals surface area contributed by atoms with Crippen LogP contribution in [0.2, 0.25) is 5.02 Å². The molecule has 1 aliphatic heterocycles. The third-order valence-electron chi connectivity index (χ3n) is 6.65. The number of hydrogen-bond acceptors (Lipinski definition) is 4. The van der Waals surface area contributed by atoms with E-state index in [0.29, 0.717) is 42.1 Å². The minimum absolute atomic E-state index is 0.0613. The Morgan fingerprint density at radius 1 is 0.950 bits per heavy atom. The molecule has 1 aliphatic rings. The largest absolute Gasteiger partial charge is 0.416 e. The number of alkyl halides is 6. The van der Waals surface area contributed by atoms with Gasteiger partial charge in [-0.25, -0.2) is 4.68 Å². The van der Waals surface area contributed by atoms with Gasteiger partial charge in [-0.15, -0.1) is 5.10 Å². The molecule has 0 aliphatic carbocycles. The predicted octanol–water partition coefficient (Wildman–Crippen LogP) is 7.06. The molecule has 1 fully saturated rings. The Hall–Kier alpha value is -3.93. The van der Waals surface area contributed by atoms with Gasteiger partial charge in [0.25, 0.3) is 5.91 Å². The molecule has 0 spiro atoms. The van der Waals surface area contributed by atoms with E-state index in [4.69, 9.17) is 11.6 Å². The summed E-state index contributed by atoms with van der Waals surface area (Å²) in [5.74, 6) is -0.486. The molecule has 40 heavy (non-hydrogen) atoms. The second-order valence-electron chi connectivity index (χ2n) is 9.27. The Kier molecular flexibility index (Phi) is 7.30. The van der Waals surface area contributed by atoms with Crippen molar-refractivity contribution in [3.63, 3.8) is 0 Å². The number of halogens is 7. The Morgan fingerprint density at radius 2 is 1.60 bits per heavy atom. The lowest BCUT2D eigenvalue weighted by molar-refractivity contribution is -0.143. The first kappa shape index (κ1) is 27.6. The van der Waals surface area contributed by atoms with Crippen LogP contribution in [-0.2, 0) is 18.9 Å². The smallest absolute Gasteiger partial charge is 0.330 e. The molecule has 6 nitrogen and oxygen atoms in total. The minimum atomic E-state index is -5.00. The van der Waals surface area contributed by atoms with Crippen molar-refractivity contribution in [3.8, 4) is 11.3 Å². The number of likely N-dealkylation sites (tertiary alicyclic amines) is 1. The van der Waals surface area contributed by atoms with Gasteiger partial charge in [0.2, 0.25) is 0 Å². The Balaban J connectivity index is 1.57. The van der Waals surface area contributed by atoms with Gasteiger partial charge in [0.15, 0.2) is 5.69 Å². The maximum atomic E-state index is 13.8. The summed E-state index contributed by atoms with van der Waals surface area (Å²) in [5, 5.41) is 8.54. The van der Waals surface area contributed by atoms with E-state index in [1.54, 1.807) is 29.2 Å². The fourth-order valence-electron chi connectivity index (χ4n) is 4.86. The number of nitrogens with zero attached hydrogens (tertiary/aromatic N) is 5. The number of pyridine rings is 1. The van der Waals surface area contributed by atoms with Crippen LogP contribution in [0.3, 0.4) is 0 Å². The van der Waals surface area contributed by atoms with Gasteiger partial charge >= 0.3 is 12.4 Å². The SMILES string of the molecule is O=C(c1nnn(Cc2cc(C(F)(F)F)cc(C(F)(F)F)c2)c1-c1ccncc1)N1CCC[C@@H]1c1ccccc1Cl. The molecular formula is C27H20ClF6N5O. The normalized spacial score (nSPS) is 16.0. The highest BCUT2D eigenvalue weighted by Crippen LogP contribution is 2.39.